The molecule has 0 saturated carbocycles. The number of carbonyl (C=O) groups excluding carboxylic acids is 1. The van der Waals surface area contributed by atoms with Crippen molar-refractivity contribution < 1.29 is 9.53 Å². The third-order valence-electron chi connectivity index (χ3n) is 4.82. The minimum Gasteiger partial charge on any atom is -0.493 e. The summed E-state index contributed by atoms with van der Waals surface area (Å²) in [5, 5.41) is 0. The van der Waals surface area contributed by atoms with Crippen LogP contribution in [0.1, 0.15) is 56.2 Å². The van der Waals surface area contributed by atoms with E-state index in [1.165, 1.54) is 11.1 Å². The van der Waals surface area contributed by atoms with Gasteiger partial charge < -0.3 is 9.14 Å². The summed E-state index contributed by atoms with van der Waals surface area (Å²) in [6.07, 6.45) is 3.93. The molecule has 0 bridgehead atoms. The molecule has 0 aliphatic heterocycles. The summed E-state index contributed by atoms with van der Waals surface area (Å²) in [5.41, 5.74) is 6.03. The van der Waals surface area contributed by atoms with Gasteiger partial charge in [0, 0.05) is 22.8 Å². The van der Waals surface area contributed by atoms with Crippen LogP contribution in [0.3, 0.4) is 0 Å². The molecule has 3 rings (SSSR count). The molecular weight excluding hydrogens is 322 g/mol. The molecule has 3 heteroatoms. The van der Waals surface area contributed by atoms with Crippen LogP contribution in [-0.2, 0) is 11.8 Å². The Morgan fingerprint density at radius 1 is 1.04 bits per heavy atom. The van der Waals surface area contributed by atoms with Crippen molar-refractivity contribution in [1.29, 1.82) is 0 Å². The number of aldehydes is 1. The molecule has 0 radical (unpaired) electrons. The topological polar surface area (TPSA) is 30.7 Å². The predicted octanol–water partition coefficient (Wildman–Crippen LogP) is 5.68. The average Bonchev–Trinajstić information content (AvgIpc) is 2.98. The number of benzene rings is 1. The van der Waals surface area contributed by atoms with Gasteiger partial charge in [-0.3, -0.25) is 4.79 Å². The Morgan fingerprint density at radius 2 is 1.81 bits per heavy atom. The van der Waals surface area contributed by atoms with Crippen LogP contribution < -0.4 is 4.74 Å². The van der Waals surface area contributed by atoms with Gasteiger partial charge in [-0.25, -0.2) is 0 Å². The molecule has 0 N–H and O–H groups in total. The summed E-state index contributed by atoms with van der Waals surface area (Å²) in [6, 6.07) is 12.6. The van der Waals surface area contributed by atoms with Gasteiger partial charge in [0.05, 0.1) is 12.3 Å². The third kappa shape index (κ3) is 3.26. The van der Waals surface area contributed by atoms with Crippen LogP contribution in [0.4, 0.5) is 0 Å². The maximum Gasteiger partial charge on any atom is 0.167 e. The zero-order valence-electron chi connectivity index (χ0n) is 16.3. The van der Waals surface area contributed by atoms with Gasteiger partial charge in [0.2, 0.25) is 0 Å². The van der Waals surface area contributed by atoms with Gasteiger partial charge in [0.1, 0.15) is 5.75 Å². The fourth-order valence-corrected chi connectivity index (χ4v) is 3.27. The van der Waals surface area contributed by atoms with E-state index < -0.39 is 0 Å². The van der Waals surface area contributed by atoms with E-state index in [-0.39, 0.29) is 5.41 Å². The lowest BCUT2D eigenvalue weighted by molar-refractivity contribution is 0.111. The van der Waals surface area contributed by atoms with Crippen LogP contribution in [-0.4, -0.2) is 17.3 Å². The SMILES string of the molecule is CCOc1ccc(C(C)(C)C)cc1-c1cc2ccc(CC)cn2c1C=O. The highest BCUT2D eigenvalue weighted by Gasteiger charge is 2.20. The minimum absolute atomic E-state index is 0.0232. The number of nitrogens with zero attached hydrogens (tertiary/aromatic N) is 1. The smallest absolute Gasteiger partial charge is 0.167 e. The van der Waals surface area contributed by atoms with Crippen molar-refractivity contribution in [2.45, 2.75) is 46.5 Å². The Bertz CT molecular complexity index is 945. The van der Waals surface area contributed by atoms with Crippen molar-refractivity contribution in [3.8, 4) is 16.9 Å². The number of aryl methyl sites for hydroxylation is 1. The Hall–Kier alpha value is -2.55. The Morgan fingerprint density at radius 3 is 2.42 bits per heavy atom. The maximum absolute atomic E-state index is 12.0. The second kappa shape index (κ2) is 6.99. The molecule has 0 aliphatic rings. The maximum atomic E-state index is 12.0. The number of fused-ring (bicyclic) bond motifs is 1. The molecule has 0 spiro atoms. The van der Waals surface area contributed by atoms with E-state index >= 15 is 0 Å². The van der Waals surface area contributed by atoms with Crippen molar-refractivity contribution >= 4 is 11.8 Å². The summed E-state index contributed by atoms with van der Waals surface area (Å²) < 4.78 is 7.86. The average molecular weight is 349 g/mol. The minimum atomic E-state index is 0.0232. The molecule has 2 heterocycles. The van der Waals surface area contributed by atoms with Gasteiger partial charge in [-0.1, -0.05) is 39.8 Å². The van der Waals surface area contributed by atoms with Gasteiger partial charge in [0.25, 0.3) is 0 Å². The molecule has 136 valence electrons. The van der Waals surface area contributed by atoms with E-state index in [0.717, 1.165) is 35.1 Å². The van der Waals surface area contributed by atoms with Crippen molar-refractivity contribution in [3.63, 3.8) is 0 Å². The van der Waals surface area contributed by atoms with Crippen molar-refractivity contribution in [2.75, 3.05) is 6.61 Å². The predicted molar refractivity (Wildman–Crippen MR) is 107 cm³/mol. The summed E-state index contributed by atoms with van der Waals surface area (Å²) in [5.74, 6) is 0.815. The highest BCUT2D eigenvalue weighted by atomic mass is 16.5. The van der Waals surface area contributed by atoms with E-state index in [1.807, 2.05) is 17.4 Å². The first-order chi connectivity index (χ1) is 12.4. The van der Waals surface area contributed by atoms with Crippen LogP contribution in [0.15, 0.2) is 42.6 Å². The summed E-state index contributed by atoms with van der Waals surface area (Å²) >= 11 is 0. The number of pyridine rings is 1. The van der Waals surface area contributed by atoms with Crippen molar-refractivity contribution in [1.82, 2.24) is 4.40 Å². The quantitative estimate of drug-likeness (QED) is 0.555. The Kier molecular flexibility index (Phi) is 4.90. The molecule has 26 heavy (non-hydrogen) atoms. The molecule has 3 nitrogen and oxygen atoms in total. The van der Waals surface area contributed by atoms with Gasteiger partial charge in [-0.2, -0.15) is 0 Å². The highest BCUT2D eigenvalue weighted by Crippen LogP contribution is 2.37. The Labute approximate surface area is 155 Å². The summed E-state index contributed by atoms with van der Waals surface area (Å²) in [4.78, 5) is 12.0. The first kappa shape index (κ1) is 18.2. The zero-order valence-corrected chi connectivity index (χ0v) is 16.3. The number of rotatable bonds is 5. The van der Waals surface area contributed by atoms with Crippen LogP contribution in [0.25, 0.3) is 16.6 Å². The van der Waals surface area contributed by atoms with Crippen molar-refractivity contribution in [3.05, 3.63) is 59.4 Å². The van der Waals surface area contributed by atoms with E-state index in [9.17, 15) is 4.79 Å². The largest absolute Gasteiger partial charge is 0.493 e. The molecule has 1 aromatic carbocycles. The van der Waals surface area contributed by atoms with E-state index in [4.69, 9.17) is 4.74 Å². The molecule has 3 aromatic rings. The number of ether oxygens (including phenoxy) is 1. The number of carbonyl (C=O) groups is 1. The number of hydrogen-bond donors (Lipinski definition) is 0. The first-order valence-corrected chi connectivity index (χ1v) is 9.26. The molecular formula is C23H27NO2. The lowest BCUT2D eigenvalue weighted by Gasteiger charge is -2.21. The van der Waals surface area contributed by atoms with Gasteiger partial charge >= 0.3 is 0 Å². The fourth-order valence-electron chi connectivity index (χ4n) is 3.27. The highest BCUT2D eigenvalue weighted by molar-refractivity contribution is 5.91. The molecule has 0 unspecified atom stereocenters. The molecule has 0 saturated heterocycles. The zero-order chi connectivity index (χ0) is 18.9. The van der Waals surface area contributed by atoms with E-state index in [2.05, 4.69) is 64.2 Å². The van der Waals surface area contributed by atoms with E-state index in [1.54, 1.807) is 0 Å². The second-order valence-corrected chi connectivity index (χ2v) is 7.64. The Balaban J connectivity index is 2.29. The normalized spacial score (nSPS) is 11.7. The fraction of sp³-hybridized carbons (Fsp3) is 0.348. The van der Waals surface area contributed by atoms with Crippen molar-refractivity contribution in [2.24, 2.45) is 0 Å². The molecule has 2 aromatic heterocycles. The van der Waals surface area contributed by atoms with Gasteiger partial charge in [0.15, 0.2) is 6.29 Å². The van der Waals surface area contributed by atoms with E-state index in [0.29, 0.717) is 12.3 Å². The second-order valence-electron chi connectivity index (χ2n) is 7.64. The summed E-state index contributed by atoms with van der Waals surface area (Å²) in [6.45, 7) is 11.3. The number of hydrogen-bond acceptors (Lipinski definition) is 2. The molecule has 0 atom stereocenters. The molecule has 0 aliphatic carbocycles. The van der Waals surface area contributed by atoms with Gasteiger partial charge in [-0.05, 0) is 54.2 Å². The standard InChI is InChI=1S/C23H27NO2/c1-6-16-8-10-18-13-19(21(15-25)24(18)14-16)20-12-17(23(3,4)5)9-11-22(20)26-7-2/h8-15H,6-7H2,1-5H3. The molecule has 0 fully saturated rings. The van der Waals surface area contributed by atoms with Crippen LogP contribution in [0.2, 0.25) is 0 Å². The molecule has 0 amide bonds. The van der Waals surface area contributed by atoms with Crippen LogP contribution in [0.5, 0.6) is 5.75 Å². The van der Waals surface area contributed by atoms with Crippen LogP contribution in [0, 0.1) is 0 Å². The third-order valence-corrected chi connectivity index (χ3v) is 4.82. The first-order valence-electron chi connectivity index (χ1n) is 9.26. The number of aromatic nitrogens is 1. The van der Waals surface area contributed by atoms with Crippen LogP contribution >= 0.6 is 0 Å². The summed E-state index contributed by atoms with van der Waals surface area (Å²) in [7, 11) is 0. The monoisotopic (exact) mass is 349 g/mol. The van der Waals surface area contributed by atoms with Gasteiger partial charge in [-0.15, -0.1) is 0 Å². The lowest BCUT2D eigenvalue weighted by atomic mass is 9.85. The lowest BCUT2D eigenvalue weighted by Crippen LogP contribution is -2.11.